The van der Waals surface area contributed by atoms with Gasteiger partial charge in [-0.25, -0.2) is 0 Å². The monoisotopic (exact) mass is 223 g/mol. The number of phenols is 1. The summed E-state index contributed by atoms with van der Waals surface area (Å²) in [6.45, 7) is 7.76. The van der Waals surface area contributed by atoms with Gasteiger partial charge in [-0.2, -0.15) is 0 Å². The Kier molecular flexibility index (Phi) is 3.52. The highest BCUT2D eigenvalue weighted by Gasteiger charge is 2.21. The lowest BCUT2D eigenvalue weighted by Crippen LogP contribution is -1.98. The van der Waals surface area contributed by atoms with Crippen molar-refractivity contribution in [1.29, 1.82) is 0 Å². The van der Waals surface area contributed by atoms with E-state index >= 15 is 0 Å². The van der Waals surface area contributed by atoms with E-state index in [0.717, 1.165) is 5.56 Å². The third kappa shape index (κ3) is 2.32. The number of nitro benzene ring substituents is 1. The van der Waals surface area contributed by atoms with Crippen LogP contribution >= 0.6 is 0 Å². The van der Waals surface area contributed by atoms with Crippen molar-refractivity contribution in [3.8, 4) is 5.75 Å². The summed E-state index contributed by atoms with van der Waals surface area (Å²) >= 11 is 0. The average molecular weight is 223 g/mol. The summed E-state index contributed by atoms with van der Waals surface area (Å²) in [5.41, 5.74) is 1.32. The third-order valence-electron chi connectivity index (χ3n) is 2.63. The molecule has 4 heteroatoms. The molecule has 0 unspecified atom stereocenters. The highest BCUT2D eigenvalue weighted by molar-refractivity contribution is 5.54. The molecule has 0 amide bonds. The van der Waals surface area contributed by atoms with Gasteiger partial charge >= 0.3 is 5.69 Å². The molecule has 0 saturated carbocycles. The quantitative estimate of drug-likeness (QED) is 0.629. The van der Waals surface area contributed by atoms with E-state index in [1.54, 1.807) is 0 Å². The summed E-state index contributed by atoms with van der Waals surface area (Å²) in [6.07, 6.45) is 0. The number of hydrogen-bond acceptors (Lipinski definition) is 3. The molecular formula is C12H17NO3. The van der Waals surface area contributed by atoms with Gasteiger partial charge in [0.15, 0.2) is 5.75 Å². The van der Waals surface area contributed by atoms with Gasteiger partial charge in [0.05, 0.1) is 4.92 Å². The van der Waals surface area contributed by atoms with Crippen LogP contribution in [0, 0.1) is 10.1 Å². The second kappa shape index (κ2) is 4.51. The van der Waals surface area contributed by atoms with E-state index in [1.807, 2.05) is 33.8 Å². The minimum atomic E-state index is -0.535. The van der Waals surface area contributed by atoms with Crippen LogP contribution in [0.5, 0.6) is 5.75 Å². The van der Waals surface area contributed by atoms with E-state index < -0.39 is 4.92 Å². The summed E-state index contributed by atoms with van der Waals surface area (Å²) < 4.78 is 0. The van der Waals surface area contributed by atoms with Gasteiger partial charge in [0.25, 0.3) is 0 Å². The average Bonchev–Trinajstić information content (AvgIpc) is 2.16. The number of nitro groups is 1. The number of aromatic hydroxyl groups is 1. The molecule has 0 aliphatic heterocycles. The van der Waals surface area contributed by atoms with Crippen LogP contribution in [0.25, 0.3) is 0 Å². The predicted octanol–water partition coefficient (Wildman–Crippen LogP) is 3.55. The van der Waals surface area contributed by atoms with E-state index in [-0.39, 0.29) is 23.3 Å². The highest BCUT2D eigenvalue weighted by atomic mass is 16.6. The summed E-state index contributed by atoms with van der Waals surface area (Å²) in [5, 5.41) is 20.6. The second-order valence-corrected chi connectivity index (χ2v) is 4.54. The van der Waals surface area contributed by atoms with Crippen molar-refractivity contribution >= 4 is 5.69 Å². The van der Waals surface area contributed by atoms with Gasteiger partial charge in [-0.05, 0) is 17.4 Å². The molecule has 0 saturated heterocycles. The summed E-state index contributed by atoms with van der Waals surface area (Å²) in [4.78, 5) is 10.3. The number of nitrogens with zero attached hydrogens (tertiary/aromatic N) is 1. The van der Waals surface area contributed by atoms with E-state index in [1.165, 1.54) is 6.07 Å². The van der Waals surface area contributed by atoms with E-state index in [2.05, 4.69) is 0 Å². The molecule has 0 radical (unpaired) electrons. The second-order valence-electron chi connectivity index (χ2n) is 4.54. The van der Waals surface area contributed by atoms with E-state index in [0.29, 0.717) is 5.56 Å². The van der Waals surface area contributed by atoms with Crippen LogP contribution < -0.4 is 0 Å². The Bertz CT molecular complexity index is 411. The van der Waals surface area contributed by atoms with Crippen molar-refractivity contribution < 1.29 is 10.0 Å². The molecule has 0 fully saturated rings. The van der Waals surface area contributed by atoms with Gasteiger partial charge < -0.3 is 5.11 Å². The standard InChI is InChI=1S/C12H17NO3/c1-7(2)9-5-10(8(3)4)12(14)11(6-9)13(15)16/h5-8,14H,1-4H3. The van der Waals surface area contributed by atoms with Crippen molar-refractivity contribution in [2.75, 3.05) is 0 Å². The first kappa shape index (κ1) is 12.5. The van der Waals surface area contributed by atoms with Crippen LogP contribution in [0.3, 0.4) is 0 Å². The molecule has 4 nitrogen and oxygen atoms in total. The topological polar surface area (TPSA) is 63.4 Å². The Morgan fingerprint density at radius 3 is 2.12 bits per heavy atom. The Morgan fingerprint density at radius 1 is 1.19 bits per heavy atom. The fraction of sp³-hybridized carbons (Fsp3) is 0.500. The van der Waals surface area contributed by atoms with Gasteiger partial charge in [-0.15, -0.1) is 0 Å². The molecule has 0 spiro atoms. The normalized spacial score (nSPS) is 11.1. The lowest BCUT2D eigenvalue weighted by atomic mass is 9.94. The smallest absolute Gasteiger partial charge is 0.311 e. The van der Waals surface area contributed by atoms with Crippen molar-refractivity contribution in [2.45, 2.75) is 39.5 Å². The lowest BCUT2D eigenvalue weighted by Gasteiger charge is -2.13. The molecule has 0 heterocycles. The molecule has 0 aliphatic rings. The highest BCUT2D eigenvalue weighted by Crippen LogP contribution is 2.37. The molecule has 0 aromatic heterocycles. The first-order valence-corrected chi connectivity index (χ1v) is 5.35. The molecule has 1 aromatic carbocycles. The Balaban J connectivity index is 3.45. The minimum Gasteiger partial charge on any atom is -0.502 e. The molecule has 1 N–H and O–H groups in total. The van der Waals surface area contributed by atoms with Crippen molar-refractivity contribution in [3.05, 3.63) is 33.4 Å². The molecule has 88 valence electrons. The maximum atomic E-state index is 10.8. The predicted molar refractivity (Wildman–Crippen MR) is 62.9 cm³/mol. The van der Waals surface area contributed by atoms with E-state index in [9.17, 15) is 15.2 Å². The Hall–Kier alpha value is -1.58. The van der Waals surface area contributed by atoms with Gasteiger partial charge in [-0.3, -0.25) is 10.1 Å². The molecular weight excluding hydrogens is 206 g/mol. The van der Waals surface area contributed by atoms with Crippen LogP contribution in [0.1, 0.15) is 50.7 Å². The molecule has 0 atom stereocenters. The van der Waals surface area contributed by atoms with Crippen LogP contribution in [0.15, 0.2) is 12.1 Å². The van der Waals surface area contributed by atoms with Gasteiger partial charge in [-0.1, -0.05) is 33.8 Å². The van der Waals surface area contributed by atoms with Crippen LogP contribution in [-0.2, 0) is 0 Å². The molecule has 1 aromatic rings. The molecule has 1 rings (SSSR count). The fourth-order valence-electron chi connectivity index (χ4n) is 1.58. The number of phenolic OH excluding ortho intramolecular Hbond substituents is 1. The largest absolute Gasteiger partial charge is 0.502 e. The summed E-state index contributed by atoms with van der Waals surface area (Å²) in [7, 11) is 0. The Morgan fingerprint density at radius 2 is 1.75 bits per heavy atom. The van der Waals surface area contributed by atoms with Crippen molar-refractivity contribution in [1.82, 2.24) is 0 Å². The zero-order valence-corrected chi connectivity index (χ0v) is 10.0. The summed E-state index contributed by atoms with van der Waals surface area (Å²) in [5.74, 6) is 0.0681. The minimum absolute atomic E-state index is 0.0670. The van der Waals surface area contributed by atoms with Crippen molar-refractivity contribution in [2.24, 2.45) is 0 Å². The van der Waals surface area contributed by atoms with Gasteiger partial charge in [0, 0.05) is 11.6 Å². The third-order valence-corrected chi connectivity index (χ3v) is 2.63. The SMILES string of the molecule is CC(C)c1cc(C(C)C)c(O)c([N+](=O)[O-])c1. The number of benzene rings is 1. The first-order chi connectivity index (χ1) is 7.34. The van der Waals surface area contributed by atoms with E-state index in [4.69, 9.17) is 0 Å². The summed E-state index contributed by atoms with van der Waals surface area (Å²) in [6, 6.07) is 3.30. The fourth-order valence-corrected chi connectivity index (χ4v) is 1.58. The van der Waals surface area contributed by atoms with Crippen LogP contribution in [-0.4, -0.2) is 10.0 Å². The van der Waals surface area contributed by atoms with Gasteiger partial charge in [0.1, 0.15) is 0 Å². The molecule has 16 heavy (non-hydrogen) atoms. The van der Waals surface area contributed by atoms with Gasteiger partial charge in [0.2, 0.25) is 0 Å². The number of hydrogen-bond donors (Lipinski definition) is 1. The zero-order chi connectivity index (χ0) is 12.5. The van der Waals surface area contributed by atoms with Crippen LogP contribution in [0.2, 0.25) is 0 Å². The maximum absolute atomic E-state index is 10.8. The number of rotatable bonds is 3. The first-order valence-electron chi connectivity index (χ1n) is 5.35. The lowest BCUT2D eigenvalue weighted by molar-refractivity contribution is -0.386. The van der Waals surface area contributed by atoms with Crippen LogP contribution in [0.4, 0.5) is 5.69 Å². The Labute approximate surface area is 95.1 Å². The molecule has 0 aliphatic carbocycles. The molecule has 0 bridgehead atoms. The van der Waals surface area contributed by atoms with Crippen molar-refractivity contribution in [3.63, 3.8) is 0 Å². The zero-order valence-electron chi connectivity index (χ0n) is 10.0. The maximum Gasteiger partial charge on any atom is 0.311 e.